The van der Waals surface area contributed by atoms with Crippen LogP contribution in [0.25, 0.3) is 21.3 Å². The third-order valence-electron chi connectivity index (χ3n) is 4.34. The molecule has 2 aromatic carbocycles. The van der Waals surface area contributed by atoms with Crippen molar-refractivity contribution >= 4 is 37.5 Å². The van der Waals surface area contributed by atoms with Gasteiger partial charge in [-0.1, -0.05) is 28.1 Å². The first-order valence-corrected chi connectivity index (χ1v) is 9.94. The highest BCUT2D eigenvalue weighted by molar-refractivity contribution is 9.10. The van der Waals surface area contributed by atoms with E-state index in [0.29, 0.717) is 6.61 Å². The smallest absolute Gasteiger partial charge is 0.120 e. The van der Waals surface area contributed by atoms with Gasteiger partial charge in [-0.25, -0.2) is 0 Å². The molecule has 0 atom stereocenters. The van der Waals surface area contributed by atoms with Crippen molar-refractivity contribution in [3.05, 3.63) is 46.9 Å². The average molecular weight is 419 g/mol. The molecule has 0 N–H and O–H groups in total. The largest absolute Gasteiger partial charge is 0.492 e. The number of aromatic nitrogens is 1. The van der Waals surface area contributed by atoms with Crippen LogP contribution in [0, 0.1) is 0 Å². The lowest BCUT2D eigenvalue weighted by atomic mass is 10.1. The van der Waals surface area contributed by atoms with Gasteiger partial charge in [-0.2, -0.15) is 4.37 Å². The summed E-state index contributed by atoms with van der Waals surface area (Å²) in [6.07, 6.45) is 0. The van der Waals surface area contributed by atoms with Crippen molar-refractivity contribution in [1.82, 2.24) is 9.27 Å². The minimum atomic E-state index is 0.698. The van der Waals surface area contributed by atoms with Gasteiger partial charge in [0.2, 0.25) is 0 Å². The maximum Gasteiger partial charge on any atom is 0.120 e. The summed E-state index contributed by atoms with van der Waals surface area (Å²) in [5, 5.41) is 1.17. The molecule has 1 fully saturated rings. The summed E-state index contributed by atoms with van der Waals surface area (Å²) in [5.74, 6) is 0.909. The van der Waals surface area contributed by atoms with Crippen LogP contribution in [0.4, 0.5) is 0 Å². The molecular weight excluding hydrogens is 400 g/mol. The van der Waals surface area contributed by atoms with Gasteiger partial charge in [0.1, 0.15) is 12.4 Å². The minimum Gasteiger partial charge on any atom is -0.492 e. The first-order chi connectivity index (χ1) is 12.3. The van der Waals surface area contributed by atoms with Crippen LogP contribution in [0.15, 0.2) is 46.9 Å². The van der Waals surface area contributed by atoms with Crippen molar-refractivity contribution in [3.63, 3.8) is 0 Å². The highest BCUT2D eigenvalue weighted by atomic mass is 79.9. The number of morpholine rings is 1. The van der Waals surface area contributed by atoms with Crippen molar-refractivity contribution in [1.29, 1.82) is 0 Å². The van der Waals surface area contributed by atoms with Gasteiger partial charge in [-0.05, 0) is 41.9 Å². The Morgan fingerprint density at radius 3 is 2.72 bits per heavy atom. The van der Waals surface area contributed by atoms with Crippen molar-refractivity contribution in [2.45, 2.75) is 0 Å². The number of halogens is 1. The molecule has 1 aromatic heterocycles. The molecule has 0 saturated carbocycles. The van der Waals surface area contributed by atoms with E-state index >= 15 is 0 Å². The number of rotatable bonds is 5. The van der Waals surface area contributed by atoms with Crippen LogP contribution >= 0.6 is 27.5 Å². The second-order valence-corrected chi connectivity index (χ2v) is 7.72. The first kappa shape index (κ1) is 17.0. The average Bonchev–Trinajstić information content (AvgIpc) is 3.06. The third kappa shape index (κ3) is 4.03. The first-order valence-electron chi connectivity index (χ1n) is 8.38. The molecule has 1 aliphatic rings. The molecule has 1 saturated heterocycles. The van der Waals surface area contributed by atoms with Gasteiger partial charge in [-0.15, -0.1) is 0 Å². The zero-order valence-electron chi connectivity index (χ0n) is 13.8. The molecule has 0 bridgehead atoms. The third-order valence-corrected chi connectivity index (χ3v) is 5.68. The Labute approximate surface area is 159 Å². The summed E-state index contributed by atoms with van der Waals surface area (Å²) in [6, 6.07) is 14.5. The van der Waals surface area contributed by atoms with E-state index in [0.717, 1.165) is 59.0 Å². The number of ether oxygens (including phenoxy) is 2. The molecule has 2 heterocycles. The Bertz CT molecular complexity index is 844. The van der Waals surface area contributed by atoms with Crippen LogP contribution in [-0.2, 0) is 4.74 Å². The van der Waals surface area contributed by atoms with E-state index in [4.69, 9.17) is 9.47 Å². The van der Waals surface area contributed by atoms with Gasteiger partial charge in [0.15, 0.2) is 0 Å². The summed E-state index contributed by atoms with van der Waals surface area (Å²) in [4.78, 5) is 2.38. The molecule has 0 spiro atoms. The van der Waals surface area contributed by atoms with Gasteiger partial charge < -0.3 is 9.47 Å². The highest BCUT2D eigenvalue weighted by Gasteiger charge is 2.11. The van der Waals surface area contributed by atoms with Crippen molar-refractivity contribution in [2.24, 2.45) is 0 Å². The Morgan fingerprint density at radius 1 is 1.12 bits per heavy atom. The fraction of sp³-hybridized carbons (Fsp3) is 0.316. The van der Waals surface area contributed by atoms with Crippen LogP contribution < -0.4 is 4.74 Å². The van der Waals surface area contributed by atoms with E-state index in [-0.39, 0.29) is 0 Å². The number of nitrogens with zero attached hydrogens (tertiary/aromatic N) is 2. The maximum atomic E-state index is 5.94. The molecular formula is C19H19BrN2O2S. The molecule has 4 rings (SSSR count). The summed E-state index contributed by atoms with van der Waals surface area (Å²) < 4.78 is 18.2. The minimum absolute atomic E-state index is 0.698. The second-order valence-electron chi connectivity index (χ2n) is 6.00. The molecule has 0 amide bonds. The fourth-order valence-corrected chi connectivity index (χ4v) is 4.03. The van der Waals surface area contributed by atoms with E-state index in [9.17, 15) is 0 Å². The van der Waals surface area contributed by atoms with Gasteiger partial charge >= 0.3 is 0 Å². The Kier molecular flexibility index (Phi) is 5.31. The molecule has 3 aromatic rings. The number of hydrogen-bond acceptors (Lipinski definition) is 5. The monoisotopic (exact) mass is 418 g/mol. The van der Waals surface area contributed by atoms with Crippen molar-refractivity contribution < 1.29 is 9.47 Å². The van der Waals surface area contributed by atoms with Gasteiger partial charge in [0, 0.05) is 35.1 Å². The SMILES string of the molecule is Brc1ccc(-c2nsc3cc(OCCN4CCOCC4)ccc23)cc1. The van der Waals surface area contributed by atoms with Crippen LogP contribution in [-0.4, -0.2) is 48.7 Å². The second kappa shape index (κ2) is 7.83. The normalized spacial score (nSPS) is 15.6. The number of hydrogen-bond donors (Lipinski definition) is 0. The standard InChI is InChI=1S/C19H19BrN2O2S/c20-15-3-1-14(2-4-15)19-17-6-5-16(13-18(17)25-21-19)24-12-9-22-7-10-23-11-8-22/h1-6,13H,7-12H2. The van der Waals surface area contributed by atoms with Crippen molar-refractivity contribution in [2.75, 3.05) is 39.5 Å². The molecule has 130 valence electrons. The lowest BCUT2D eigenvalue weighted by molar-refractivity contribution is 0.0322. The van der Waals surface area contributed by atoms with E-state index in [1.165, 1.54) is 16.9 Å². The van der Waals surface area contributed by atoms with Crippen LogP contribution in [0.2, 0.25) is 0 Å². The Morgan fingerprint density at radius 2 is 1.92 bits per heavy atom. The topological polar surface area (TPSA) is 34.6 Å². The van der Waals surface area contributed by atoms with E-state index < -0.39 is 0 Å². The number of benzene rings is 2. The van der Waals surface area contributed by atoms with E-state index in [1.54, 1.807) is 0 Å². The highest BCUT2D eigenvalue weighted by Crippen LogP contribution is 2.33. The molecule has 6 heteroatoms. The fourth-order valence-electron chi connectivity index (χ4n) is 2.94. The van der Waals surface area contributed by atoms with Crippen LogP contribution in [0.3, 0.4) is 0 Å². The van der Waals surface area contributed by atoms with Crippen LogP contribution in [0.5, 0.6) is 5.75 Å². The molecule has 4 nitrogen and oxygen atoms in total. The Hall–Kier alpha value is -1.47. The summed E-state index contributed by atoms with van der Waals surface area (Å²) in [6.45, 7) is 5.27. The van der Waals surface area contributed by atoms with Gasteiger partial charge in [0.05, 0.1) is 23.6 Å². The summed E-state index contributed by atoms with van der Waals surface area (Å²) >= 11 is 5.00. The molecule has 0 unspecified atom stereocenters. The molecule has 1 aliphatic heterocycles. The predicted octanol–water partition coefficient (Wildman–Crippen LogP) is 4.44. The number of fused-ring (bicyclic) bond motifs is 1. The summed E-state index contributed by atoms with van der Waals surface area (Å²) in [7, 11) is 0. The Balaban J connectivity index is 1.45. The molecule has 0 aliphatic carbocycles. The lowest BCUT2D eigenvalue weighted by Crippen LogP contribution is -2.38. The maximum absolute atomic E-state index is 5.94. The molecule has 0 radical (unpaired) electrons. The van der Waals surface area contributed by atoms with Crippen LogP contribution in [0.1, 0.15) is 0 Å². The summed E-state index contributed by atoms with van der Waals surface area (Å²) in [5.41, 5.74) is 2.17. The van der Waals surface area contributed by atoms with Gasteiger partial charge in [0.25, 0.3) is 0 Å². The van der Waals surface area contributed by atoms with Crippen molar-refractivity contribution in [3.8, 4) is 17.0 Å². The van der Waals surface area contributed by atoms with E-state index in [2.05, 4.69) is 49.5 Å². The zero-order chi connectivity index (χ0) is 17.1. The quantitative estimate of drug-likeness (QED) is 0.613. The van der Waals surface area contributed by atoms with Gasteiger partial charge in [-0.3, -0.25) is 4.90 Å². The molecule has 25 heavy (non-hydrogen) atoms. The lowest BCUT2D eigenvalue weighted by Gasteiger charge is -2.26. The predicted molar refractivity (Wildman–Crippen MR) is 106 cm³/mol. The zero-order valence-corrected chi connectivity index (χ0v) is 16.2. The van der Waals surface area contributed by atoms with E-state index in [1.807, 2.05) is 18.2 Å².